The van der Waals surface area contributed by atoms with Gasteiger partial charge >= 0.3 is 5.97 Å². The van der Waals surface area contributed by atoms with E-state index in [1.807, 2.05) is 16.7 Å². The maximum atomic E-state index is 12.3. The minimum atomic E-state index is -0.804. The van der Waals surface area contributed by atoms with Crippen LogP contribution in [0.1, 0.15) is 46.0 Å². The van der Waals surface area contributed by atoms with Crippen LogP contribution in [-0.2, 0) is 9.59 Å². The third-order valence-electron chi connectivity index (χ3n) is 3.97. The van der Waals surface area contributed by atoms with Crippen molar-refractivity contribution in [3.05, 3.63) is 0 Å². The molecule has 1 N–H and O–H groups in total. The van der Waals surface area contributed by atoms with Gasteiger partial charge in [0.05, 0.1) is 12.5 Å². The Balaban J connectivity index is 2.46. The normalized spacial score (nSPS) is 18.4. The third-order valence-corrected chi connectivity index (χ3v) is 3.97. The van der Waals surface area contributed by atoms with E-state index in [1.54, 1.807) is 6.92 Å². The van der Waals surface area contributed by atoms with E-state index in [2.05, 4.69) is 0 Å². The van der Waals surface area contributed by atoms with E-state index in [-0.39, 0.29) is 5.91 Å². The molecular formula is C15H28N2O3. The van der Waals surface area contributed by atoms with Gasteiger partial charge in [-0.25, -0.2) is 0 Å². The summed E-state index contributed by atoms with van der Waals surface area (Å²) in [6.07, 6.45) is 5.86. The molecule has 1 heterocycles. The minimum absolute atomic E-state index is 0.145. The van der Waals surface area contributed by atoms with Crippen molar-refractivity contribution < 1.29 is 14.7 Å². The fourth-order valence-corrected chi connectivity index (χ4v) is 2.56. The van der Waals surface area contributed by atoms with Gasteiger partial charge in [-0.15, -0.1) is 0 Å². The average molecular weight is 284 g/mol. The summed E-state index contributed by atoms with van der Waals surface area (Å²) in [5.74, 6) is -1.09. The molecule has 116 valence electrons. The smallest absolute Gasteiger partial charge is 0.307 e. The summed E-state index contributed by atoms with van der Waals surface area (Å²) in [6.45, 7) is 6.84. The molecule has 1 rings (SSSR count). The lowest BCUT2D eigenvalue weighted by Crippen LogP contribution is -2.43. The molecule has 0 bridgehead atoms. The van der Waals surface area contributed by atoms with Gasteiger partial charge in [0.1, 0.15) is 0 Å². The second-order valence-electron chi connectivity index (χ2n) is 5.72. The van der Waals surface area contributed by atoms with E-state index >= 15 is 0 Å². The molecule has 0 aromatic heterocycles. The van der Waals surface area contributed by atoms with E-state index in [0.717, 1.165) is 25.9 Å². The van der Waals surface area contributed by atoms with Crippen molar-refractivity contribution in [2.75, 3.05) is 32.7 Å². The first-order valence-corrected chi connectivity index (χ1v) is 7.77. The third kappa shape index (κ3) is 5.90. The highest BCUT2D eigenvalue weighted by Gasteiger charge is 2.20. The fourth-order valence-electron chi connectivity index (χ4n) is 2.56. The molecule has 5 nitrogen and oxygen atoms in total. The summed E-state index contributed by atoms with van der Waals surface area (Å²) in [5, 5.41) is 8.96. The second-order valence-corrected chi connectivity index (χ2v) is 5.72. The number of likely N-dealkylation sites (N-methyl/N-ethyl adjacent to an activating group) is 1. The van der Waals surface area contributed by atoms with Crippen molar-refractivity contribution in [1.82, 2.24) is 9.80 Å². The van der Waals surface area contributed by atoms with Gasteiger partial charge in [0.25, 0.3) is 0 Å². The lowest BCUT2D eigenvalue weighted by Gasteiger charge is -2.28. The first kappa shape index (κ1) is 17.0. The number of carbonyl (C=O) groups excluding carboxylic acids is 1. The molecule has 5 heteroatoms. The predicted molar refractivity (Wildman–Crippen MR) is 78.6 cm³/mol. The molecular weight excluding hydrogens is 256 g/mol. The maximum absolute atomic E-state index is 12.3. The molecule has 0 aromatic carbocycles. The lowest BCUT2D eigenvalue weighted by atomic mass is 10.1. The minimum Gasteiger partial charge on any atom is -0.481 e. The van der Waals surface area contributed by atoms with Crippen LogP contribution in [-0.4, -0.2) is 59.5 Å². The molecule has 0 radical (unpaired) electrons. The van der Waals surface area contributed by atoms with Gasteiger partial charge in [-0.2, -0.15) is 0 Å². The van der Waals surface area contributed by atoms with E-state index in [1.165, 1.54) is 19.3 Å². The summed E-state index contributed by atoms with van der Waals surface area (Å²) in [7, 11) is 0. The van der Waals surface area contributed by atoms with Crippen molar-refractivity contribution in [1.29, 1.82) is 0 Å². The molecule has 1 aliphatic heterocycles. The average Bonchev–Trinajstić information content (AvgIpc) is 2.36. The van der Waals surface area contributed by atoms with Crippen molar-refractivity contribution in [2.45, 2.75) is 46.0 Å². The summed E-state index contributed by atoms with van der Waals surface area (Å²) in [4.78, 5) is 27.1. The van der Waals surface area contributed by atoms with E-state index in [9.17, 15) is 9.59 Å². The Morgan fingerprint density at radius 1 is 1.15 bits per heavy atom. The van der Waals surface area contributed by atoms with Crippen LogP contribution < -0.4 is 0 Å². The Morgan fingerprint density at radius 3 is 2.20 bits per heavy atom. The number of carboxylic acids is 1. The molecule has 20 heavy (non-hydrogen) atoms. The summed E-state index contributed by atoms with van der Waals surface area (Å²) < 4.78 is 0. The standard InChI is InChI=1S/C15H28N2O3/c1-3-16(11-13(2)15(19)20)12-14(18)17-9-7-5-4-6-8-10-17/h13H,3-12H2,1-2H3,(H,19,20). The number of hydrogen-bond acceptors (Lipinski definition) is 3. The molecule has 1 aliphatic rings. The highest BCUT2D eigenvalue weighted by molar-refractivity contribution is 5.78. The van der Waals surface area contributed by atoms with Crippen LogP contribution in [0.25, 0.3) is 0 Å². The van der Waals surface area contributed by atoms with Gasteiger partial charge < -0.3 is 10.0 Å². The zero-order valence-electron chi connectivity index (χ0n) is 12.8. The van der Waals surface area contributed by atoms with E-state index in [0.29, 0.717) is 19.6 Å². The van der Waals surface area contributed by atoms with Crippen LogP contribution in [0.15, 0.2) is 0 Å². The van der Waals surface area contributed by atoms with Gasteiger partial charge in [-0.3, -0.25) is 14.5 Å². The molecule has 0 saturated carbocycles. The highest BCUT2D eigenvalue weighted by Crippen LogP contribution is 2.11. The SMILES string of the molecule is CCN(CC(=O)N1CCCCCCC1)CC(C)C(=O)O. The molecule has 0 aromatic rings. The lowest BCUT2D eigenvalue weighted by molar-refractivity contribution is -0.142. The fraction of sp³-hybridized carbons (Fsp3) is 0.867. The second kappa shape index (κ2) is 8.95. The van der Waals surface area contributed by atoms with Crippen molar-refractivity contribution in [2.24, 2.45) is 5.92 Å². The van der Waals surface area contributed by atoms with Gasteiger partial charge in [-0.1, -0.05) is 33.1 Å². The van der Waals surface area contributed by atoms with E-state index < -0.39 is 11.9 Å². The molecule has 0 spiro atoms. The quantitative estimate of drug-likeness (QED) is 0.808. The molecule has 1 saturated heterocycles. The maximum Gasteiger partial charge on any atom is 0.307 e. The first-order chi connectivity index (χ1) is 9.54. The number of amides is 1. The Kier molecular flexibility index (Phi) is 7.59. The Morgan fingerprint density at radius 2 is 1.70 bits per heavy atom. The summed E-state index contributed by atoms with van der Waals surface area (Å²) in [6, 6.07) is 0. The van der Waals surface area contributed by atoms with Crippen molar-refractivity contribution >= 4 is 11.9 Å². The molecule has 1 unspecified atom stereocenters. The van der Waals surface area contributed by atoms with Crippen LogP contribution in [0.3, 0.4) is 0 Å². The molecule has 1 fully saturated rings. The largest absolute Gasteiger partial charge is 0.481 e. The zero-order chi connectivity index (χ0) is 15.0. The number of hydrogen-bond donors (Lipinski definition) is 1. The van der Waals surface area contributed by atoms with Gasteiger partial charge in [0.15, 0.2) is 0 Å². The molecule has 1 amide bonds. The zero-order valence-corrected chi connectivity index (χ0v) is 12.8. The van der Waals surface area contributed by atoms with Crippen LogP contribution in [0, 0.1) is 5.92 Å². The Hall–Kier alpha value is -1.10. The van der Waals surface area contributed by atoms with Gasteiger partial charge in [0.2, 0.25) is 5.91 Å². The molecule has 1 atom stereocenters. The van der Waals surface area contributed by atoms with Crippen LogP contribution >= 0.6 is 0 Å². The van der Waals surface area contributed by atoms with E-state index in [4.69, 9.17) is 5.11 Å². The Bertz CT molecular complexity index is 312. The van der Waals surface area contributed by atoms with Crippen molar-refractivity contribution in [3.8, 4) is 0 Å². The highest BCUT2D eigenvalue weighted by atomic mass is 16.4. The number of carbonyl (C=O) groups is 2. The molecule has 0 aliphatic carbocycles. The first-order valence-electron chi connectivity index (χ1n) is 7.77. The number of rotatable bonds is 6. The van der Waals surface area contributed by atoms with Crippen LogP contribution in [0.2, 0.25) is 0 Å². The number of nitrogens with zero attached hydrogens (tertiary/aromatic N) is 2. The number of carboxylic acid groups (broad SMARTS) is 1. The van der Waals surface area contributed by atoms with Crippen molar-refractivity contribution in [3.63, 3.8) is 0 Å². The topological polar surface area (TPSA) is 60.9 Å². The number of likely N-dealkylation sites (tertiary alicyclic amines) is 1. The van der Waals surface area contributed by atoms with Crippen LogP contribution in [0.5, 0.6) is 0 Å². The van der Waals surface area contributed by atoms with Gasteiger partial charge in [-0.05, 0) is 19.4 Å². The summed E-state index contributed by atoms with van der Waals surface area (Å²) in [5.41, 5.74) is 0. The van der Waals surface area contributed by atoms with Gasteiger partial charge in [0, 0.05) is 19.6 Å². The van der Waals surface area contributed by atoms with Crippen LogP contribution in [0.4, 0.5) is 0 Å². The monoisotopic (exact) mass is 284 g/mol. The summed E-state index contributed by atoms with van der Waals surface area (Å²) >= 11 is 0. The Labute approximate surface area is 121 Å². The number of aliphatic carboxylic acids is 1. The predicted octanol–water partition coefficient (Wildman–Crippen LogP) is 1.82.